The van der Waals surface area contributed by atoms with Gasteiger partial charge in [0, 0.05) is 13.2 Å². The second-order valence-corrected chi connectivity index (χ2v) is 2.91. The van der Waals surface area contributed by atoms with Crippen molar-refractivity contribution in [2.24, 2.45) is 7.05 Å². The van der Waals surface area contributed by atoms with Gasteiger partial charge < -0.3 is 10.1 Å². The third-order valence-corrected chi connectivity index (χ3v) is 1.82. The van der Waals surface area contributed by atoms with Crippen molar-refractivity contribution in [2.75, 3.05) is 0 Å². The number of hydrogen-bond acceptors (Lipinski definition) is 3. The van der Waals surface area contributed by atoms with E-state index in [1.165, 1.54) is 0 Å². The SMILES string of the molecule is Cc1[nH]c(-c2ccn(C)n2)nc1O. The van der Waals surface area contributed by atoms with Crippen LogP contribution in [0.25, 0.3) is 11.5 Å². The molecule has 5 nitrogen and oxygen atoms in total. The first-order chi connectivity index (χ1) is 6.16. The predicted molar refractivity (Wildman–Crippen MR) is 47.2 cm³/mol. The summed E-state index contributed by atoms with van der Waals surface area (Å²) in [4.78, 5) is 6.85. The molecule has 0 spiro atoms. The fourth-order valence-electron chi connectivity index (χ4n) is 1.11. The number of imidazole rings is 1. The van der Waals surface area contributed by atoms with Crippen molar-refractivity contribution in [3.05, 3.63) is 18.0 Å². The molecule has 2 heterocycles. The zero-order valence-corrected chi connectivity index (χ0v) is 7.44. The lowest BCUT2D eigenvalue weighted by Crippen LogP contribution is -1.88. The third kappa shape index (κ3) is 1.28. The Labute approximate surface area is 75.0 Å². The van der Waals surface area contributed by atoms with Crippen molar-refractivity contribution in [1.82, 2.24) is 19.7 Å². The van der Waals surface area contributed by atoms with E-state index in [9.17, 15) is 5.11 Å². The van der Waals surface area contributed by atoms with Gasteiger partial charge in [-0.25, -0.2) is 0 Å². The minimum Gasteiger partial charge on any atom is -0.492 e. The van der Waals surface area contributed by atoms with E-state index in [0.29, 0.717) is 11.5 Å². The minimum absolute atomic E-state index is 0.0284. The van der Waals surface area contributed by atoms with Gasteiger partial charge in [0.1, 0.15) is 5.69 Å². The quantitative estimate of drug-likeness (QED) is 0.679. The highest BCUT2D eigenvalue weighted by Crippen LogP contribution is 2.18. The molecule has 0 saturated carbocycles. The molecule has 0 unspecified atom stereocenters. The molecular formula is C8H10N4O. The van der Waals surface area contributed by atoms with E-state index >= 15 is 0 Å². The summed E-state index contributed by atoms with van der Waals surface area (Å²) in [6.45, 7) is 1.76. The van der Waals surface area contributed by atoms with E-state index in [4.69, 9.17) is 0 Å². The highest BCUT2D eigenvalue weighted by molar-refractivity contribution is 5.50. The first-order valence-corrected chi connectivity index (χ1v) is 3.92. The van der Waals surface area contributed by atoms with E-state index in [2.05, 4.69) is 15.1 Å². The second-order valence-electron chi connectivity index (χ2n) is 2.91. The molecule has 0 atom stereocenters. The van der Waals surface area contributed by atoms with E-state index in [0.717, 1.165) is 5.69 Å². The van der Waals surface area contributed by atoms with Gasteiger partial charge in [-0.1, -0.05) is 0 Å². The summed E-state index contributed by atoms with van der Waals surface area (Å²) in [5, 5.41) is 13.4. The summed E-state index contributed by atoms with van der Waals surface area (Å²) in [6.07, 6.45) is 1.82. The zero-order valence-electron chi connectivity index (χ0n) is 7.44. The third-order valence-electron chi connectivity index (χ3n) is 1.82. The molecule has 0 radical (unpaired) electrons. The van der Waals surface area contributed by atoms with E-state index < -0.39 is 0 Å². The number of aromatic nitrogens is 4. The van der Waals surface area contributed by atoms with Crippen molar-refractivity contribution in [2.45, 2.75) is 6.92 Å². The number of aromatic hydroxyl groups is 1. The summed E-state index contributed by atoms with van der Waals surface area (Å²) in [6, 6.07) is 1.83. The fraction of sp³-hybridized carbons (Fsp3) is 0.250. The molecule has 0 fully saturated rings. The molecule has 0 aromatic carbocycles. The van der Waals surface area contributed by atoms with Gasteiger partial charge in [0.15, 0.2) is 5.82 Å². The lowest BCUT2D eigenvalue weighted by atomic mass is 10.4. The van der Waals surface area contributed by atoms with Gasteiger partial charge in [-0.2, -0.15) is 10.1 Å². The molecule has 0 aliphatic rings. The van der Waals surface area contributed by atoms with Crippen LogP contribution in [0.3, 0.4) is 0 Å². The molecule has 0 saturated heterocycles. The number of rotatable bonds is 1. The Balaban J connectivity index is 2.46. The van der Waals surface area contributed by atoms with E-state index in [1.54, 1.807) is 11.6 Å². The smallest absolute Gasteiger partial charge is 0.232 e. The molecule has 0 bridgehead atoms. The van der Waals surface area contributed by atoms with Crippen molar-refractivity contribution in [1.29, 1.82) is 0 Å². The van der Waals surface area contributed by atoms with Gasteiger partial charge in [-0.15, -0.1) is 0 Å². The molecule has 2 aromatic rings. The average molecular weight is 178 g/mol. The van der Waals surface area contributed by atoms with Gasteiger partial charge in [-0.3, -0.25) is 4.68 Å². The van der Waals surface area contributed by atoms with Crippen molar-refractivity contribution in [3.63, 3.8) is 0 Å². The number of nitrogens with one attached hydrogen (secondary N) is 1. The molecule has 0 aliphatic carbocycles. The Hall–Kier alpha value is -1.78. The van der Waals surface area contributed by atoms with Crippen LogP contribution in [0.4, 0.5) is 0 Å². The summed E-state index contributed by atoms with van der Waals surface area (Å²) in [5.41, 5.74) is 1.38. The molecule has 0 aliphatic heterocycles. The lowest BCUT2D eigenvalue weighted by molar-refractivity contribution is 0.452. The fourth-order valence-corrected chi connectivity index (χ4v) is 1.11. The first kappa shape index (κ1) is 7.85. The van der Waals surface area contributed by atoms with Crippen LogP contribution in [0.5, 0.6) is 5.88 Å². The highest BCUT2D eigenvalue weighted by Gasteiger charge is 2.08. The average Bonchev–Trinajstić information content (AvgIpc) is 2.61. The maximum atomic E-state index is 9.23. The molecule has 0 amide bonds. The Bertz CT molecular complexity index is 410. The Morgan fingerprint density at radius 1 is 1.54 bits per heavy atom. The van der Waals surface area contributed by atoms with Crippen LogP contribution in [0.15, 0.2) is 12.3 Å². The first-order valence-electron chi connectivity index (χ1n) is 3.92. The number of H-pyrrole nitrogens is 1. The van der Waals surface area contributed by atoms with Crippen LogP contribution in [0, 0.1) is 6.92 Å². The largest absolute Gasteiger partial charge is 0.492 e. The zero-order chi connectivity index (χ0) is 9.42. The van der Waals surface area contributed by atoms with E-state index in [-0.39, 0.29) is 5.88 Å². The monoisotopic (exact) mass is 178 g/mol. The highest BCUT2D eigenvalue weighted by atomic mass is 16.3. The molecule has 13 heavy (non-hydrogen) atoms. The van der Waals surface area contributed by atoms with Crippen LogP contribution in [-0.4, -0.2) is 24.9 Å². The topological polar surface area (TPSA) is 66.7 Å². The van der Waals surface area contributed by atoms with Gasteiger partial charge >= 0.3 is 0 Å². The summed E-state index contributed by atoms with van der Waals surface area (Å²) >= 11 is 0. The summed E-state index contributed by atoms with van der Waals surface area (Å²) in [7, 11) is 1.83. The molecule has 68 valence electrons. The predicted octanol–water partition coefficient (Wildman–Crippen LogP) is 0.824. The van der Waals surface area contributed by atoms with Crippen LogP contribution in [0.2, 0.25) is 0 Å². The summed E-state index contributed by atoms with van der Waals surface area (Å²) < 4.78 is 1.68. The standard InChI is InChI=1S/C8H10N4O/c1-5-8(13)10-7(9-5)6-3-4-12(2)11-6/h3-4,13H,1-2H3,(H,9,10). The van der Waals surface area contributed by atoms with Crippen LogP contribution in [0.1, 0.15) is 5.69 Å². The second kappa shape index (κ2) is 2.62. The van der Waals surface area contributed by atoms with Gasteiger partial charge in [0.05, 0.1) is 5.69 Å². The molecule has 2 rings (SSSR count). The van der Waals surface area contributed by atoms with Gasteiger partial charge in [0.2, 0.25) is 5.88 Å². The molecule has 2 aromatic heterocycles. The molecule has 2 N–H and O–H groups in total. The van der Waals surface area contributed by atoms with Crippen LogP contribution in [-0.2, 0) is 7.05 Å². The Morgan fingerprint density at radius 3 is 2.77 bits per heavy atom. The molecule has 5 heteroatoms. The van der Waals surface area contributed by atoms with Crippen molar-refractivity contribution >= 4 is 0 Å². The number of hydrogen-bond donors (Lipinski definition) is 2. The molecular weight excluding hydrogens is 168 g/mol. The lowest BCUT2D eigenvalue weighted by Gasteiger charge is -1.87. The maximum absolute atomic E-state index is 9.23. The van der Waals surface area contributed by atoms with Crippen molar-refractivity contribution < 1.29 is 5.11 Å². The minimum atomic E-state index is 0.0284. The number of aryl methyl sites for hydroxylation is 2. The number of nitrogens with zero attached hydrogens (tertiary/aromatic N) is 3. The normalized spacial score (nSPS) is 10.6. The number of aromatic amines is 1. The Morgan fingerprint density at radius 2 is 2.31 bits per heavy atom. The van der Waals surface area contributed by atoms with Crippen LogP contribution < -0.4 is 0 Å². The summed E-state index contributed by atoms with van der Waals surface area (Å²) in [5.74, 6) is 0.622. The Kier molecular flexibility index (Phi) is 1.58. The van der Waals surface area contributed by atoms with E-state index in [1.807, 2.05) is 19.3 Å². The van der Waals surface area contributed by atoms with Crippen LogP contribution >= 0.6 is 0 Å². The maximum Gasteiger partial charge on any atom is 0.232 e. The van der Waals surface area contributed by atoms with Gasteiger partial charge in [-0.05, 0) is 13.0 Å². The van der Waals surface area contributed by atoms with Crippen molar-refractivity contribution in [3.8, 4) is 17.4 Å². The van der Waals surface area contributed by atoms with Gasteiger partial charge in [0.25, 0.3) is 0 Å².